The number of likely N-dealkylation sites (N-methyl/N-ethyl adjacent to an activating group) is 1. The number of hydrogen-bond donors (Lipinski definition) is 2. The molecule has 5 heteroatoms. The minimum atomic E-state index is -0.587. The Morgan fingerprint density at radius 2 is 1.58 bits per heavy atom. The number of carbonyl (C=O) groups excluding carboxylic acids is 2. The van der Waals surface area contributed by atoms with Crippen molar-refractivity contribution in [2.24, 2.45) is 0 Å². The van der Waals surface area contributed by atoms with Gasteiger partial charge in [-0.15, -0.1) is 0 Å². The molecule has 1 unspecified atom stereocenters. The maximum atomic E-state index is 13.8. The predicted octanol–water partition coefficient (Wildman–Crippen LogP) is 5.59. The van der Waals surface area contributed by atoms with Crippen LogP contribution in [0.2, 0.25) is 0 Å². The highest BCUT2D eigenvalue weighted by Crippen LogP contribution is 2.28. The Morgan fingerprint density at radius 1 is 0.939 bits per heavy atom. The third-order valence-corrected chi connectivity index (χ3v) is 5.99. The van der Waals surface area contributed by atoms with Crippen molar-refractivity contribution in [1.82, 2.24) is 9.88 Å². The molecule has 5 nitrogen and oxygen atoms in total. The van der Waals surface area contributed by atoms with Gasteiger partial charge in [-0.2, -0.15) is 0 Å². The van der Waals surface area contributed by atoms with E-state index in [0.29, 0.717) is 5.56 Å². The van der Waals surface area contributed by atoms with Gasteiger partial charge < -0.3 is 10.3 Å². The number of aromatic nitrogens is 1. The van der Waals surface area contributed by atoms with E-state index in [1.165, 1.54) is 0 Å². The van der Waals surface area contributed by atoms with E-state index in [1.807, 2.05) is 87.3 Å². The molecule has 0 saturated carbocycles. The van der Waals surface area contributed by atoms with Crippen molar-refractivity contribution >= 4 is 28.3 Å². The number of H-pyrrole nitrogens is 1. The van der Waals surface area contributed by atoms with Crippen LogP contribution < -0.4 is 5.32 Å². The molecule has 3 aromatic carbocycles. The Hall–Kier alpha value is -3.70. The van der Waals surface area contributed by atoms with Gasteiger partial charge in [0.05, 0.1) is 12.6 Å². The van der Waals surface area contributed by atoms with Crippen molar-refractivity contribution in [3.63, 3.8) is 0 Å². The van der Waals surface area contributed by atoms with Gasteiger partial charge in [0.2, 0.25) is 5.91 Å². The van der Waals surface area contributed by atoms with E-state index in [4.69, 9.17) is 0 Å². The van der Waals surface area contributed by atoms with E-state index in [9.17, 15) is 9.59 Å². The first-order chi connectivity index (χ1) is 15.8. The quantitative estimate of drug-likeness (QED) is 0.369. The van der Waals surface area contributed by atoms with Gasteiger partial charge in [0.25, 0.3) is 0 Å². The molecule has 4 rings (SSSR count). The monoisotopic (exact) mass is 439 g/mol. The van der Waals surface area contributed by atoms with Crippen molar-refractivity contribution in [2.45, 2.75) is 26.8 Å². The molecule has 33 heavy (non-hydrogen) atoms. The second-order valence-corrected chi connectivity index (χ2v) is 8.66. The van der Waals surface area contributed by atoms with Crippen molar-refractivity contribution in [2.75, 3.05) is 18.9 Å². The molecule has 0 fully saturated rings. The van der Waals surface area contributed by atoms with E-state index >= 15 is 0 Å². The summed E-state index contributed by atoms with van der Waals surface area (Å²) in [4.78, 5) is 31.8. The van der Waals surface area contributed by atoms with Gasteiger partial charge in [-0.05, 0) is 50.6 Å². The Kier molecular flexibility index (Phi) is 6.43. The number of anilines is 1. The molecule has 2 N–H and O–H groups in total. The Bertz CT molecular complexity index is 1280. The van der Waals surface area contributed by atoms with Gasteiger partial charge in [-0.25, -0.2) is 0 Å². The maximum Gasteiger partial charge on any atom is 0.238 e. The molecule has 1 amide bonds. The van der Waals surface area contributed by atoms with Crippen LogP contribution in [0.25, 0.3) is 10.9 Å². The Balaban J connectivity index is 1.61. The highest BCUT2D eigenvalue weighted by Gasteiger charge is 2.29. The number of aromatic amines is 1. The topological polar surface area (TPSA) is 65.2 Å². The third-order valence-electron chi connectivity index (χ3n) is 5.99. The van der Waals surface area contributed by atoms with E-state index < -0.39 is 6.04 Å². The zero-order chi connectivity index (χ0) is 23.5. The molecule has 168 valence electrons. The van der Waals surface area contributed by atoms with Crippen LogP contribution in [0.3, 0.4) is 0 Å². The minimum Gasteiger partial charge on any atom is -0.360 e. The van der Waals surface area contributed by atoms with Gasteiger partial charge in [0, 0.05) is 28.4 Å². The number of nitrogens with one attached hydrogen (secondary N) is 2. The van der Waals surface area contributed by atoms with Crippen LogP contribution in [-0.4, -0.2) is 35.2 Å². The summed E-state index contributed by atoms with van der Waals surface area (Å²) in [5.74, 6) is -0.197. The fourth-order valence-electron chi connectivity index (χ4n) is 4.54. The second kappa shape index (κ2) is 9.43. The highest BCUT2D eigenvalue weighted by atomic mass is 16.2. The molecule has 4 aromatic rings. The van der Waals surface area contributed by atoms with Crippen LogP contribution in [0.4, 0.5) is 5.69 Å². The summed E-state index contributed by atoms with van der Waals surface area (Å²) >= 11 is 0. The number of aryl methyl sites for hydroxylation is 3. The number of hydrogen-bond acceptors (Lipinski definition) is 3. The van der Waals surface area contributed by atoms with E-state index in [1.54, 1.807) is 6.20 Å². The highest BCUT2D eigenvalue weighted by molar-refractivity contribution is 6.10. The zero-order valence-corrected chi connectivity index (χ0v) is 19.5. The van der Waals surface area contributed by atoms with Gasteiger partial charge in [-0.1, -0.05) is 66.2 Å². The minimum absolute atomic E-state index is 0.0448. The molecule has 0 radical (unpaired) electrons. The zero-order valence-electron chi connectivity index (χ0n) is 19.5. The van der Waals surface area contributed by atoms with E-state index in [0.717, 1.165) is 38.8 Å². The van der Waals surface area contributed by atoms with E-state index in [2.05, 4.69) is 22.4 Å². The van der Waals surface area contributed by atoms with Gasteiger partial charge in [0.15, 0.2) is 5.78 Å². The lowest BCUT2D eigenvalue weighted by Gasteiger charge is -2.27. The number of Topliss-reactive ketones (excluding diaryl/α,β-unsaturated/α-hetero) is 1. The van der Waals surface area contributed by atoms with Crippen LogP contribution >= 0.6 is 0 Å². The average molecular weight is 440 g/mol. The summed E-state index contributed by atoms with van der Waals surface area (Å²) in [5, 5.41) is 3.93. The smallest absolute Gasteiger partial charge is 0.238 e. The Labute approximate surface area is 194 Å². The molecule has 0 spiro atoms. The van der Waals surface area contributed by atoms with Gasteiger partial charge in [0.1, 0.15) is 0 Å². The fraction of sp³-hybridized carbons (Fsp3) is 0.214. The molecule has 1 heterocycles. The fourth-order valence-corrected chi connectivity index (χ4v) is 4.54. The molecule has 0 aliphatic rings. The van der Waals surface area contributed by atoms with Crippen molar-refractivity contribution in [3.8, 4) is 0 Å². The first kappa shape index (κ1) is 22.5. The number of amides is 1. The van der Waals surface area contributed by atoms with E-state index in [-0.39, 0.29) is 18.2 Å². The lowest BCUT2D eigenvalue weighted by molar-refractivity contribution is -0.117. The van der Waals surface area contributed by atoms with Crippen LogP contribution in [0, 0.1) is 20.8 Å². The van der Waals surface area contributed by atoms with Gasteiger partial charge in [-0.3, -0.25) is 14.5 Å². The molecular formula is C28H29N3O2. The van der Waals surface area contributed by atoms with Crippen molar-refractivity contribution in [3.05, 3.63) is 101 Å². The second-order valence-electron chi connectivity index (χ2n) is 8.66. The molecule has 0 saturated heterocycles. The molecule has 0 bridgehead atoms. The standard InChI is InChI=1S/C28H29N3O2/c1-18-14-19(2)26(20(3)15-18)30-25(32)17-31(4)27(21-10-6-5-7-11-21)28(33)23-16-29-24-13-9-8-12-22(23)24/h5-16,27,29H,17H2,1-4H3,(H,30,32). The number of benzene rings is 3. The molecular weight excluding hydrogens is 410 g/mol. The number of nitrogens with zero attached hydrogens (tertiary/aromatic N) is 1. The Morgan fingerprint density at radius 3 is 2.27 bits per heavy atom. The number of para-hydroxylation sites is 1. The summed E-state index contributed by atoms with van der Waals surface area (Å²) in [5.41, 5.74) is 6.43. The number of ketones is 1. The number of fused-ring (bicyclic) bond motifs is 1. The largest absolute Gasteiger partial charge is 0.360 e. The number of carbonyl (C=O) groups is 2. The summed E-state index contributed by atoms with van der Waals surface area (Å²) < 4.78 is 0. The van der Waals surface area contributed by atoms with Crippen LogP contribution in [0.1, 0.15) is 38.7 Å². The first-order valence-electron chi connectivity index (χ1n) is 11.1. The summed E-state index contributed by atoms with van der Waals surface area (Å²) in [7, 11) is 1.82. The van der Waals surface area contributed by atoms with Crippen molar-refractivity contribution in [1.29, 1.82) is 0 Å². The normalized spacial score (nSPS) is 12.2. The number of rotatable bonds is 7. The predicted molar refractivity (Wildman–Crippen MR) is 134 cm³/mol. The van der Waals surface area contributed by atoms with Crippen LogP contribution in [0.5, 0.6) is 0 Å². The third kappa shape index (κ3) is 4.73. The summed E-state index contributed by atoms with van der Waals surface area (Å²) in [6, 6.07) is 20.9. The van der Waals surface area contributed by atoms with Gasteiger partial charge >= 0.3 is 0 Å². The molecule has 0 aliphatic heterocycles. The molecule has 1 atom stereocenters. The summed E-state index contributed by atoms with van der Waals surface area (Å²) in [6.45, 7) is 6.11. The average Bonchev–Trinajstić information content (AvgIpc) is 3.21. The SMILES string of the molecule is Cc1cc(C)c(NC(=O)CN(C)C(C(=O)c2c[nH]c3ccccc23)c2ccccc2)c(C)c1. The lowest BCUT2D eigenvalue weighted by Crippen LogP contribution is -2.37. The van der Waals surface area contributed by atoms with Crippen molar-refractivity contribution < 1.29 is 9.59 Å². The summed E-state index contributed by atoms with van der Waals surface area (Å²) in [6.07, 6.45) is 1.76. The lowest BCUT2D eigenvalue weighted by atomic mass is 9.96. The first-order valence-corrected chi connectivity index (χ1v) is 11.1. The maximum absolute atomic E-state index is 13.8. The van der Waals surface area contributed by atoms with Crippen LogP contribution in [0.15, 0.2) is 72.9 Å². The van der Waals surface area contributed by atoms with Crippen LogP contribution in [-0.2, 0) is 4.79 Å². The molecule has 0 aliphatic carbocycles. The molecule has 1 aromatic heterocycles.